The summed E-state index contributed by atoms with van der Waals surface area (Å²) in [6.45, 7) is 0. The van der Waals surface area contributed by atoms with Gasteiger partial charge in [-0.05, 0) is 89.6 Å². The number of fused-ring (bicyclic) bond motifs is 4. The molecule has 0 N–H and O–H groups in total. The predicted molar refractivity (Wildman–Crippen MR) is 199 cm³/mol. The third kappa shape index (κ3) is 10.8. The van der Waals surface area contributed by atoms with Crippen molar-refractivity contribution in [2.24, 2.45) is 0 Å². The van der Waals surface area contributed by atoms with E-state index in [0.717, 1.165) is 43.1 Å². The number of rotatable bonds is 4. The van der Waals surface area contributed by atoms with Gasteiger partial charge < -0.3 is 39.6 Å². The number of hydrogen-bond donors (Lipinski definition) is 0. The zero-order chi connectivity index (χ0) is 37.0. The molecule has 8 rings (SSSR count). The summed E-state index contributed by atoms with van der Waals surface area (Å²) in [7, 11) is 0. The minimum absolute atomic E-state index is 0. The van der Waals surface area contributed by atoms with Crippen LogP contribution in [0.3, 0.4) is 0 Å². The Hall–Kier alpha value is -6.40. The van der Waals surface area contributed by atoms with Crippen LogP contribution in [0.4, 0.5) is 0 Å². The second-order valence-electron chi connectivity index (χ2n) is 11.4. The molecule has 0 aliphatic rings. The normalized spacial score (nSPS) is 9.96. The Morgan fingerprint density at radius 1 is 0.264 bits per heavy atom. The van der Waals surface area contributed by atoms with Crippen LogP contribution in [0, 0.1) is 0 Å². The maximum atomic E-state index is 10.5. The Labute approximate surface area is 324 Å². The van der Waals surface area contributed by atoms with Gasteiger partial charge in [0.15, 0.2) is 0 Å². The van der Waals surface area contributed by atoms with E-state index < -0.39 is 23.9 Å². The minimum atomic E-state index is -1.13. The van der Waals surface area contributed by atoms with Crippen molar-refractivity contribution in [2.45, 2.75) is 0 Å². The van der Waals surface area contributed by atoms with Gasteiger partial charge >= 0.3 is 0 Å². The van der Waals surface area contributed by atoms with Crippen molar-refractivity contribution in [3.05, 3.63) is 192 Å². The standard InChI is InChI=1S/4C11H8O2.Pb/c4*12-11(13)10-6-5-8-3-1-2-4-9(8)7-10;/h4*1-7H,(H,12,13);/p-4. The molecular formula is C44H28O8Pb-4. The van der Waals surface area contributed by atoms with Crippen LogP contribution in [0.15, 0.2) is 170 Å². The predicted octanol–water partition coefficient (Wildman–Crippen LogP) is 4.43. The number of benzene rings is 8. The maximum Gasteiger partial charge on any atom is 0.0715 e. The van der Waals surface area contributed by atoms with E-state index in [1.165, 1.54) is 0 Å². The molecule has 0 unspecified atom stereocenters. The first-order chi connectivity index (χ1) is 25.1. The average molecular weight is 892 g/mol. The fourth-order valence-electron chi connectivity index (χ4n) is 5.27. The molecular weight excluding hydrogens is 864 g/mol. The average Bonchev–Trinajstić information content (AvgIpc) is 3.17. The van der Waals surface area contributed by atoms with Crippen LogP contribution in [0.5, 0.6) is 0 Å². The van der Waals surface area contributed by atoms with E-state index in [9.17, 15) is 39.6 Å². The van der Waals surface area contributed by atoms with Crippen molar-refractivity contribution in [1.82, 2.24) is 0 Å². The summed E-state index contributed by atoms with van der Waals surface area (Å²) in [5.74, 6) is -4.53. The zero-order valence-electron chi connectivity index (χ0n) is 27.9. The van der Waals surface area contributed by atoms with E-state index >= 15 is 0 Å². The van der Waals surface area contributed by atoms with Crippen LogP contribution in [0.25, 0.3) is 43.1 Å². The topological polar surface area (TPSA) is 161 Å². The van der Waals surface area contributed by atoms with Gasteiger partial charge in [-0.1, -0.05) is 146 Å². The van der Waals surface area contributed by atoms with Crippen LogP contribution in [0.2, 0.25) is 0 Å². The molecule has 0 saturated heterocycles. The van der Waals surface area contributed by atoms with E-state index in [-0.39, 0.29) is 49.6 Å². The van der Waals surface area contributed by atoms with E-state index in [4.69, 9.17) is 0 Å². The molecule has 0 aliphatic heterocycles. The van der Waals surface area contributed by atoms with Crippen molar-refractivity contribution >= 4 is 94.3 Å². The molecule has 0 spiro atoms. The summed E-state index contributed by atoms with van der Waals surface area (Å²) < 4.78 is 0. The first-order valence-corrected chi connectivity index (χ1v) is 15.9. The molecule has 0 bridgehead atoms. The second kappa shape index (κ2) is 18.7. The summed E-state index contributed by atoms with van der Waals surface area (Å²) in [4.78, 5) is 42.1. The van der Waals surface area contributed by atoms with Crippen molar-refractivity contribution < 1.29 is 39.6 Å². The number of carboxylic acid groups (broad SMARTS) is 4. The zero-order valence-corrected chi connectivity index (χ0v) is 31.8. The molecule has 0 aliphatic carbocycles. The van der Waals surface area contributed by atoms with Crippen LogP contribution < -0.4 is 20.4 Å². The molecule has 0 atom stereocenters. The number of carbonyl (C=O) groups is 4. The van der Waals surface area contributed by atoms with Crippen LogP contribution >= 0.6 is 0 Å². The summed E-state index contributed by atoms with van der Waals surface area (Å²) in [6.07, 6.45) is 0. The number of aromatic carboxylic acids is 4. The Morgan fingerprint density at radius 3 is 0.604 bits per heavy atom. The number of hydrogen-bond acceptors (Lipinski definition) is 8. The Balaban J connectivity index is 0.000000157. The smallest absolute Gasteiger partial charge is 0.0715 e. The molecule has 0 aromatic heterocycles. The summed E-state index contributed by atoms with van der Waals surface area (Å²) >= 11 is 0. The molecule has 0 saturated carbocycles. The molecule has 0 fully saturated rings. The van der Waals surface area contributed by atoms with E-state index in [2.05, 4.69) is 0 Å². The Bertz CT molecular complexity index is 2210. The minimum Gasteiger partial charge on any atom is -0.545 e. The Morgan fingerprint density at radius 2 is 0.434 bits per heavy atom. The quantitative estimate of drug-likeness (QED) is 0.235. The monoisotopic (exact) mass is 892 g/mol. The van der Waals surface area contributed by atoms with Gasteiger partial charge in [0, 0.05) is 27.3 Å². The third-order valence-electron chi connectivity index (χ3n) is 7.94. The molecule has 9 heteroatoms. The fourth-order valence-corrected chi connectivity index (χ4v) is 5.27. The SMILES string of the molecule is O=C([O-])c1ccc2ccccc2c1.O=C([O-])c1ccc2ccccc2c1.O=C([O-])c1ccc2ccccc2c1.O=C([O-])c1ccc2ccccc2c1.[Pb]. The van der Waals surface area contributed by atoms with Gasteiger partial charge in [-0.2, -0.15) is 0 Å². The van der Waals surface area contributed by atoms with Gasteiger partial charge in [0.1, 0.15) is 0 Å². The van der Waals surface area contributed by atoms with Crippen molar-refractivity contribution in [3.8, 4) is 0 Å². The van der Waals surface area contributed by atoms with Crippen molar-refractivity contribution in [3.63, 3.8) is 0 Å². The number of carboxylic acids is 4. The third-order valence-corrected chi connectivity index (χ3v) is 7.94. The van der Waals surface area contributed by atoms with Gasteiger partial charge in [0.05, 0.1) is 23.9 Å². The summed E-state index contributed by atoms with van der Waals surface area (Å²) in [6, 6.07) is 50.2. The molecule has 8 nitrogen and oxygen atoms in total. The summed E-state index contributed by atoms with van der Waals surface area (Å²) in [5, 5.41) is 50.0. The van der Waals surface area contributed by atoms with Gasteiger partial charge in [-0.25, -0.2) is 0 Å². The largest absolute Gasteiger partial charge is 0.545 e. The van der Waals surface area contributed by atoms with Crippen molar-refractivity contribution in [1.29, 1.82) is 0 Å². The number of carbonyl (C=O) groups excluding carboxylic acids is 4. The van der Waals surface area contributed by atoms with Gasteiger partial charge in [-0.15, -0.1) is 0 Å². The maximum absolute atomic E-state index is 10.5. The van der Waals surface area contributed by atoms with Gasteiger partial charge in [-0.3, -0.25) is 0 Å². The second-order valence-corrected chi connectivity index (χ2v) is 11.4. The van der Waals surface area contributed by atoms with Crippen LogP contribution in [-0.4, -0.2) is 51.2 Å². The molecule has 0 amide bonds. The van der Waals surface area contributed by atoms with E-state index in [1.54, 1.807) is 72.8 Å². The molecule has 4 radical (unpaired) electrons. The molecule has 8 aromatic rings. The summed E-state index contributed by atoms with van der Waals surface area (Å²) in [5.41, 5.74) is 0.884. The molecule has 0 heterocycles. The Kier molecular flexibility index (Phi) is 13.9. The van der Waals surface area contributed by atoms with Crippen LogP contribution in [-0.2, 0) is 0 Å². The first kappa shape index (κ1) is 39.4. The van der Waals surface area contributed by atoms with Crippen LogP contribution in [0.1, 0.15) is 41.4 Å². The fraction of sp³-hybridized carbons (Fsp3) is 0. The first-order valence-electron chi connectivity index (χ1n) is 15.9. The van der Waals surface area contributed by atoms with E-state index in [0.29, 0.717) is 0 Å². The molecule has 8 aromatic carbocycles. The van der Waals surface area contributed by atoms with Gasteiger partial charge in [0.25, 0.3) is 0 Å². The van der Waals surface area contributed by atoms with Crippen molar-refractivity contribution in [2.75, 3.05) is 0 Å². The van der Waals surface area contributed by atoms with Gasteiger partial charge in [0.2, 0.25) is 0 Å². The molecule has 53 heavy (non-hydrogen) atoms. The van der Waals surface area contributed by atoms with E-state index in [1.807, 2.05) is 97.1 Å². The molecule has 260 valence electrons.